The molecular weight excluding hydrogens is 556 g/mol. The highest BCUT2D eigenvalue weighted by molar-refractivity contribution is 5.78. The Bertz CT molecular complexity index is 2070. The van der Waals surface area contributed by atoms with E-state index in [0.29, 0.717) is 36.0 Å². The van der Waals surface area contributed by atoms with Gasteiger partial charge in [0.25, 0.3) is 5.56 Å². The van der Waals surface area contributed by atoms with Gasteiger partial charge in [0.2, 0.25) is 0 Å². The molecule has 220 valence electrons. The maximum Gasteiger partial charge on any atom is 0.336 e. The fourth-order valence-electron chi connectivity index (χ4n) is 6.52. The van der Waals surface area contributed by atoms with Gasteiger partial charge in [0.15, 0.2) is 0 Å². The summed E-state index contributed by atoms with van der Waals surface area (Å²) in [6.07, 6.45) is 5.17. The van der Waals surface area contributed by atoms with Crippen LogP contribution >= 0.6 is 0 Å². The molecule has 0 aliphatic rings. The van der Waals surface area contributed by atoms with Crippen LogP contribution in [0.4, 0.5) is 0 Å². The third kappa shape index (κ3) is 4.90. The van der Waals surface area contributed by atoms with Crippen LogP contribution in [0.3, 0.4) is 0 Å². The fraction of sp³-hybridized carbons (Fsp3) is 0.103. The lowest BCUT2D eigenvalue weighted by molar-refractivity contribution is 0.482. The fourth-order valence-corrected chi connectivity index (χ4v) is 6.52. The van der Waals surface area contributed by atoms with Gasteiger partial charge in [-0.2, -0.15) is 0 Å². The summed E-state index contributed by atoms with van der Waals surface area (Å²) in [6.45, 7) is 0.425. The molecule has 45 heavy (non-hydrogen) atoms. The summed E-state index contributed by atoms with van der Waals surface area (Å²) in [5.41, 5.74) is 3.24. The van der Waals surface area contributed by atoms with Crippen molar-refractivity contribution in [3.05, 3.63) is 201 Å². The topological polar surface area (TPSA) is 61.8 Å². The Labute approximate surface area is 261 Å². The van der Waals surface area contributed by atoms with Crippen molar-refractivity contribution in [2.45, 2.75) is 24.9 Å². The van der Waals surface area contributed by atoms with Crippen LogP contribution in [0.2, 0.25) is 0 Å². The monoisotopic (exact) mass is 588 g/mol. The summed E-state index contributed by atoms with van der Waals surface area (Å²) in [7, 11) is 0. The minimum atomic E-state index is -0.667. The van der Waals surface area contributed by atoms with Crippen molar-refractivity contribution < 1.29 is 0 Å². The van der Waals surface area contributed by atoms with Gasteiger partial charge in [0.05, 0.1) is 16.6 Å². The standard InChI is InChI=1S/C39H32N4O2/c44-37-34-24-13-14-25-35(34)41(38(45)43(37)33-22-11-4-12-23-33)28-15-26-36-40-27-29-42(36)39(30-16-5-1-6-17-30,31-18-7-2-8-19-31)32-20-9-3-10-21-32/h1-14,16-25,27,29H,15,26,28H2. The average molecular weight is 589 g/mol. The zero-order chi connectivity index (χ0) is 30.6. The van der Waals surface area contributed by atoms with E-state index in [4.69, 9.17) is 4.98 Å². The van der Waals surface area contributed by atoms with Crippen molar-refractivity contribution >= 4 is 10.9 Å². The maximum atomic E-state index is 13.9. The quantitative estimate of drug-likeness (QED) is 0.174. The van der Waals surface area contributed by atoms with E-state index in [-0.39, 0.29) is 11.2 Å². The van der Waals surface area contributed by atoms with Gasteiger partial charge in [-0.25, -0.2) is 14.3 Å². The summed E-state index contributed by atoms with van der Waals surface area (Å²) in [6, 6.07) is 48.0. The van der Waals surface area contributed by atoms with Crippen molar-refractivity contribution in [1.29, 1.82) is 0 Å². The minimum Gasteiger partial charge on any atom is -0.316 e. The zero-order valence-electron chi connectivity index (χ0n) is 24.7. The molecule has 0 saturated carbocycles. The second kappa shape index (κ2) is 12.1. The lowest BCUT2D eigenvalue weighted by Gasteiger charge is -2.38. The summed E-state index contributed by atoms with van der Waals surface area (Å²) in [4.78, 5) is 32.2. The van der Waals surface area contributed by atoms with E-state index >= 15 is 0 Å². The zero-order valence-corrected chi connectivity index (χ0v) is 24.7. The number of nitrogens with zero attached hydrogens (tertiary/aromatic N) is 4. The SMILES string of the molecule is O=c1c2ccccc2n(CCCc2nccn2C(c2ccccc2)(c2ccccc2)c2ccccc2)c(=O)n1-c1ccccc1. The van der Waals surface area contributed by atoms with Gasteiger partial charge >= 0.3 is 5.69 Å². The van der Waals surface area contributed by atoms with E-state index in [1.807, 2.05) is 60.8 Å². The number of hydrogen-bond acceptors (Lipinski definition) is 3. The summed E-state index contributed by atoms with van der Waals surface area (Å²) in [5, 5.41) is 0.513. The second-order valence-electron chi connectivity index (χ2n) is 11.1. The number of fused-ring (bicyclic) bond motifs is 1. The molecule has 7 rings (SSSR count). The Morgan fingerprint density at radius 1 is 0.600 bits per heavy atom. The molecule has 0 fully saturated rings. The number of benzene rings is 5. The predicted molar refractivity (Wildman–Crippen MR) is 179 cm³/mol. The number of aryl methyl sites for hydroxylation is 2. The molecule has 0 aliphatic heterocycles. The van der Waals surface area contributed by atoms with Gasteiger partial charge in [-0.05, 0) is 47.4 Å². The first-order valence-corrected chi connectivity index (χ1v) is 15.2. The molecule has 0 N–H and O–H groups in total. The van der Waals surface area contributed by atoms with E-state index in [2.05, 4.69) is 83.6 Å². The molecule has 0 amide bonds. The van der Waals surface area contributed by atoms with Crippen molar-refractivity contribution in [3.8, 4) is 5.69 Å². The Hall–Kier alpha value is -5.75. The summed E-state index contributed by atoms with van der Waals surface area (Å²) >= 11 is 0. The van der Waals surface area contributed by atoms with Crippen molar-refractivity contribution in [2.75, 3.05) is 0 Å². The molecule has 2 aromatic heterocycles. The molecule has 0 unspecified atom stereocenters. The highest BCUT2D eigenvalue weighted by atomic mass is 16.2. The van der Waals surface area contributed by atoms with Crippen LogP contribution in [0.15, 0.2) is 168 Å². The van der Waals surface area contributed by atoms with Crippen molar-refractivity contribution in [2.24, 2.45) is 0 Å². The van der Waals surface area contributed by atoms with Crippen LogP contribution in [0.1, 0.15) is 28.9 Å². The first-order chi connectivity index (χ1) is 22.2. The Kier molecular flexibility index (Phi) is 7.54. The molecule has 2 heterocycles. The van der Waals surface area contributed by atoms with Gasteiger partial charge in [-0.15, -0.1) is 0 Å². The normalized spacial score (nSPS) is 11.6. The second-order valence-corrected chi connectivity index (χ2v) is 11.1. The number of aromatic nitrogens is 4. The van der Waals surface area contributed by atoms with Crippen LogP contribution in [0.5, 0.6) is 0 Å². The third-order valence-electron chi connectivity index (χ3n) is 8.50. The molecule has 6 heteroatoms. The average Bonchev–Trinajstić information content (AvgIpc) is 3.57. The lowest BCUT2D eigenvalue weighted by atomic mass is 9.76. The van der Waals surface area contributed by atoms with E-state index in [1.54, 1.807) is 22.8 Å². The van der Waals surface area contributed by atoms with Crippen LogP contribution < -0.4 is 11.2 Å². The number of para-hydroxylation sites is 2. The van der Waals surface area contributed by atoms with Gasteiger partial charge < -0.3 is 4.57 Å². The Balaban J connectivity index is 1.32. The van der Waals surface area contributed by atoms with E-state index in [9.17, 15) is 9.59 Å². The molecule has 7 aromatic rings. The van der Waals surface area contributed by atoms with Gasteiger partial charge in [-0.1, -0.05) is 121 Å². The third-order valence-corrected chi connectivity index (χ3v) is 8.50. The van der Waals surface area contributed by atoms with Crippen LogP contribution in [-0.4, -0.2) is 18.7 Å². The predicted octanol–water partition coefficient (Wildman–Crippen LogP) is 6.82. The largest absolute Gasteiger partial charge is 0.336 e. The number of hydrogen-bond donors (Lipinski definition) is 0. The Morgan fingerprint density at radius 2 is 1.11 bits per heavy atom. The smallest absolute Gasteiger partial charge is 0.316 e. The first-order valence-electron chi connectivity index (χ1n) is 15.2. The number of imidazole rings is 1. The maximum absolute atomic E-state index is 13.9. The molecular formula is C39H32N4O2. The van der Waals surface area contributed by atoms with E-state index in [1.165, 1.54) is 4.57 Å². The molecule has 0 bridgehead atoms. The number of rotatable bonds is 9. The molecule has 5 aromatic carbocycles. The van der Waals surface area contributed by atoms with Crippen LogP contribution in [0, 0.1) is 0 Å². The van der Waals surface area contributed by atoms with E-state index in [0.717, 1.165) is 22.5 Å². The first kappa shape index (κ1) is 28.0. The van der Waals surface area contributed by atoms with Gasteiger partial charge in [0, 0.05) is 25.4 Å². The van der Waals surface area contributed by atoms with Crippen LogP contribution in [-0.2, 0) is 18.5 Å². The van der Waals surface area contributed by atoms with Crippen molar-refractivity contribution in [1.82, 2.24) is 18.7 Å². The molecule has 0 atom stereocenters. The molecule has 6 nitrogen and oxygen atoms in total. The minimum absolute atomic E-state index is 0.313. The van der Waals surface area contributed by atoms with E-state index < -0.39 is 5.54 Å². The summed E-state index contributed by atoms with van der Waals surface area (Å²) < 4.78 is 5.27. The highest BCUT2D eigenvalue weighted by Crippen LogP contribution is 2.41. The molecule has 0 spiro atoms. The molecule has 0 radical (unpaired) electrons. The molecule has 0 saturated heterocycles. The molecule has 0 aliphatic carbocycles. The highest BCUT2D eigenvalue weighted by Gasteiger charge is 2.39. The lowest BCUT2D eigenvalue weighted by Crippen LogP contribution is -2.39. The van der Waals surface area contributed by atoms with Crippen molar-refractivity contribution in [3.63, 3.8) is 0 Å². The summed E-state index contributed by atoms with van der Waals surface area (Å²) in [5.74, 6) is 0.903. The van der Waals surface area contributed by atoms with Gasteiger partial charge in [-0.3, -0.25) is 9.36 Å². The Morgan fingerprint density at radius 3 is 1.69 bits per heavy atom. The van der Waals surface area contributed by atoms with Gasteiger partial charge in [0.1, 0.15) is 11.4 Å². The van der Waals surface area contributed by atoms with Crippen LogP contribution in [0.25, 0.3) is 16.6 Å².